The topological polar surface area (TPSA) is 95.3 Å². The van der Waals surface area contributed by atoms with Gasteiger partial charge in [-0.15, -0.1) is 5.10 Å². The summed E-state index contributed by atoms with van der Waals surface area (Å²) in [5.41, 5.74) is 3.16. The van der Waals surface area contributed by atoms with E-state index in [-0.39, 0.29) is 18.6 Å². The molecule has 29 heavy (non-hydrogen) atoms. The lowest BCUT2D eigenvalue weighted by Gasteiger charge is -2.11. The average Bonchev–Trinajstić information content (AvgIpc) is 3.41. The molecule has 8 heteroatoms. The first kappa shape index (κ1) is 19.1. The Morgan fingerprint density at radius 3 is 2.79 bits per heavy atom. The third-order valence-corrected chi connectivity index (χ3v) is 4.83. The smallest absolute Gasteiger partial charge is 0.338 e. The van der Waals surface area contributed by atoms with Crippen LogP contribution in [0.2, 0.25) is 0 Å². The molecule has 1 amide bonds. The van der Waals surface area contributed by atoms with E-state index < -0.39 is 5.97 Å². The van der Waals surface area contributed by atoms with Gasteiger partial charge in [-0.3, -0.25) is 4.79 Å². The van der Waals surface area contributed by atoms with Gasteiger partial charge in [-0.25, -0.2) is 9.48 Å². The molecule has 150 valence electrons. The van der Waals surface area contributed by atoms with Crippen molar-refractivity contribution in [3.05, 3.63) is 59.7 Å². The lowest BCUT2D eigenvalue weighted by Crippen LogP contribution is -2.34. The summed E-state index contributed by atoms with van der Waals surface area (Å²) in [6, 6.07) is 14.8. The van der Waals surface area contributed by atoms with Crippen LogP contribution in [0.25, 0.3) is 11.0 Å². The molecule has 2 aromatic carbocycles. The Balaban J connectivity index is 1.28. The highest BCUT2D eigenvalue weighted by molar-refractivity contribution is 5.91. The van der Waals surface area contributed by atoms with E-state index >= 15 is 0 Å². The third kappa shape index (κ3) is 4.78. The Hall–Kier alpha value is -3.26. The number of rotatable bonds is 7. The van der Waals surface area contributed by atoms with Gasteiger partial charge in [0.15, 0.2) is 6.61 Å². The zero-order valence-electron chi connectivity index (χ0n) is 15.9. The van der Waals surface area contributed by atoms with Crippen LogP contribution in [-0.4, -0.2) is 52.7 Å². The zero-order valence-corrected chi connectivity index (χ0v) is 15.9. The third-order valence-electron chi connectivity index (χ3n) is 4.83. The first-order chi connectivity index (χ1) is 14.2. The number of carbonyl (C=O) groups is 2. The van der Waals surface area contributed by atoms with Gasteiger partial charge in [0.05, 0.1) is 23.7 Å². The fourth-order valence-electron chi connectivity index (χ4n) is 3.25. The molecule has 2 heterocycles. The van der Waals surface area contributed by atoms with Crippen LogP contribution in [0.15, 0.2) is 48.5 Å². The SMILES string of the molecule is O=C(COC(=O)c1ccc(Cn2nnc3ccccc32)cc1)NC[C@H]1CCCO1. The van der Waals surface area contributed by atoms with Gasteiger partial charge >= 0.3 is 5.97 Å². The van der Waals surface area contributed by atoms with Crippen LogP contribution < -0.4 is 5.32 Å². The van der Waals surface area contributed by atoms with Crippen molar-refractivity contribution >= 4 is 22.9 Å². The normalized spacial score (nSPS) is 16.1. The lowest BCUT2D eigenvalue weighted by molar-refractivity contribution is -0.124. The number of benzene rings is 2. The summed E-state index contributed by atoms with van der Waals surface area (Å²) < 4.78 is 12.3. The van der Waals surface area contributed by atoms with E-state index in [1.54, 1.807) is 16.8 Å². The Labute approximate surface area is 167 Å². The Kier molecular flexibility index (Phi) is 5.81. The second-order valence-electron chi connectivity index (χ2n) is 6.95. The number of aromatic nitrogens is 3. The number of carbonyl (C=O) groups excluding carboxylic acids is 2. The van der Waals surface area contributed by atoms with Crippen LogP contribution in [0, 0.1) is 0 Å². The van der Waals surface area contributed by atoms with E-state index in [2.05, 4.69) is 15.6 Å². The molecule has 1 aliphatic heterocycles. The van der Waals surface area contributed by atoms with Crippen molar-refractivity contribution in [3.8, 4) is 0 Å². The largest absolute Gasteiger partial charge is 0.452 e. The van der Waals surface area contributed by atoms with Crippen LogP contribution in [-0.2, 0) is 20.8 Å². The Morgan fingerprint density at radius 2 is 2.00 bits per heavy atom. The van der Waals surface area contributed by atoms with E-state index in [4.69, 9.17) is 9.47 Å². The number of nitrogens with zero attached hydrogens (tertiary/aromatic N) is 3. The molecule has 0 unspecified atom stereocenters. The van der Waals surface area contributed by atoms with Gasteiger partial charge in [0.1, 0.15) is 5.52 Å². The van der Waals surface area contributed by atoms with E-state index in [0.29, 0.717) is 18.7 Å². The van der Waals surface area contributed by atoms with E-state index in [9.17, 15) is 9.59 Å². The van der Waals surface area contributed by atoms with Crippen LogP contribution in [0.1, 0.15) is 28.8 Å². The molecule has 0 aliphatic carbocycles. The van der Waals surface area contributed by atoms with Crippen LogP contribution in [0.4, 0.5) is 0 Å². The van der Waals surface area contributed by atoms with Crippen LogP contribution in [0.5, 0.6) is 0 Å². The Bertz CT molecular complexity index is 993. The van der Waals surface area contributed by atoms with Crippen molar-refractivity contribution in [1.29, 1.82) is 0 Å². The summed E-state index contributed by atoms with van der Waals surface area (Å²) in [6.45, 7) is 1.42. The standard InChI is InChI=1S/C21H22N4O4/c26-20(22-12-17-4-3-11-28-17)14-29-21(27)16-9-7-15(8-10-16)13-25-19-6-2-1-5-18(19)23-24-25/h1-2,5-10,17H,3-4,11-14H2,(H,22,26)/t17-/m1/s1. The molecule has 1 fully saturated rings. The minimum Gasteiger partial charge on any atom is -0.452 e. The fourth-order valence-corrected chi connectivity index (χ4v) is 3.25. The number of amides is 1. The van der Waals surface area contributed by atoms with E-state index in [0.717, 1.165) is 36.0 Å². The molecule has 1 atom stereocenters. The predicted molar refractivity (Wildman–Crippen MR) is 105 cm³/mol. The monoisotopic (exact) mass is 394 g/mol. The average molecular weight is 394 g/mol. The van der Waals surface area contributed by atoms with Gasteiger partial charge in [-0.05, 0) is 42.7 Å². The van der Waals surface area contributed by atoms with Crippen molar-refractivity contribution < 1.29 is 19.1 Å². The highest BCUT2D eigenvalue weighted by atomic mass is 16.5. The second kappa shape index (κ2) is 8.83. The maximum Gasteiger partial charge on any atom is 0.338 e. The van der Waals surface area contributed by atoms with Crippen molar-refractivity contribution in [1.82, 2.24) is 20.3 Å². The molecule has 1 aliphatic rings. The summed E-state index contributed by atoms with van der Waals surface area (Å²) >= 11 is 0. The van der Waals surface area contributed by atoms with Gasteiger partial charge in [-0.1, -0.05) is 29.5 Å². The quantitative estimate of drug-likeness (QED) is 0.616. The van der Waals surface area contributed by atoms with Crippen molar-refractivity contribution in [2.24, 2.45) is 0 Å². The molecule has 4 rings (SSSR count). The minimum absolute atomic E-state index is 0.0595. The molecule has 0 bridgehead atoms. The maximum atomic E-state index is 12.2. The molecule has 1 N–H and O–H groups in total. The first-order valence-electron chi connectivity index (χ1n) is 9.61. The lowest BCUT2D eigenvalue weighted by atomic mass is 10.1. The summed E-state index contributed by atoms with van der Waals surface area (Å²) in [5.74, 6) is -0.862. The first-order valence-corrected chi connectivity index (χ1v) is 9.61. The highest BCUT2D eigenvalue weighted by Crippen LogP contribution is 2.13. The number of para-hydroxylation sites is 1. The number of ether oxygens (including phenoxy) is 2. The molecular weight excluding hydrogens is 372 g/mol. The van der Waals surface area contributed by atoms with Gasteiger partial charge in [-0.2, -0.15) is 0 Å². The number of esters is 1. The highest BCUT2D eigenvalue weighted by Gasteiger charge is 2.17. The molecule has 8 nitrogen and oxygen atoms in total. The number of fused-ring (bicyclic) bond motifs is 1. The zero-order chi connectivity index (χ0) is 20.1. The second-order valence-corrected chi connectivity index (χ2v) is 6.95. The van der Waals surface area contributed by atoms with Gasteiger partial charge in [0.25, 0.3) is 5.91 Å². The maximum absolute atomic E-state index is 12.2. The molecule has 3 aromatic rings. The summed E-state index contributed by atoms with van der Waals surface area (Å²) in [4.78, 5) is 24.0. The summed E-state index contributed by atoms with van der Waals surface area (Å²) in [6.07, 6.45) is 2.01. The van der Waals surface area contributed by atoms with E-state index in [1.165, 1.54) is 0 Å². The number of nitrogens with one attached hydrogen (secondary N) is 1. The predicted octanol–water partition coefficient (Wildman–Crippen LogP) is 1.93. The molecule has 1 aromatic heterocycles. The van der Waals surface area contributed by atoms with Crippen molar-refractivity contribution in [2.75, 3.05) is 19.8 Å². The van der Waals surface area contributed by atoms with Crippen LogP contribution >= 0.6 is 0 Å². The molecule has 0 spiro atoms. The minimum atomic E-state index is -0.532. The number of hydrogen-bond donors (Lipinski definition) is 1. The number of hydrogen-bond acceptors (Lipinski definition) is 6. The summed E-state index contributed by atoms with van der Waals surface area (Å²) in [5, 5.41) is 11.0. The van der Waals surface area contributed by atoms with Gasteiger partial charge in [0.2, 0.25) is 0 Å². The van der Waals surface area contributed by atoms with Crippen molar-refractivity contribution in [3.63, 3.8) is 0 Å². The molecule has 1 saturated heterocycles. The summed E-state index contributed by atoms with van der Waals surface area (Å²) in [7, 11) is 0. The fraction of sp³-hybridized carbons (Fsp3) is 0.333. The Morgan fingerprint density at radius 1 is 1.17 bits per heavy atom. The molecular formula is C21H22N4O4. The molecule has 0 radical (unpaired) electrons. The van der Waals surface area contributed by atoms with Crippen molar-refractivity contribution in [2.45, 2.75) is 25.5 Å². The van der Waals surface area contributed by atoms with Gasteiger partial charge in [0, 0.05) is 13.2 Å². The van der Waals surface area contributed by atoms with Crippen LogP contribution in [0.3, 0.4) is 0 Å². The molecule has 0 saturated carbocycles. The van der Waals surface area contributed by atoms with Gasteiger partial charge < -0.3 is 14.8 Å². The van der Waals surface area contributed by atoms with E-state index in [1.807, 2.05) is 36.4 Å².